The van der Waals surface area contributed by atoms with E-state index in [-0.39, 0.29) is 23.4 Å². The lowest BCUT2D eigenvalue weighted by molar-refractivity contribution is -0.128. The summed E-state index contributed by atoms with van der Waals surface area (Å²) in [5.41, 5.74) is 1.07. The van der Waals surface area contributed by atoms with Crippen molar-refractivity contribution >= 4 is 17.7 Å². The summed E-state index contributed by atoms with van der Waals surface area (Å²) < 4.78 is 32.4. The topological polar surface area (TPSA) is 29.5 Å². The summed E-state index contributed by atoms with van der Waals surface area (Å²) in [6.07, 6.45) is 0. The molecule has 0 aliphatic carbocycles. The van der Waals surface area contributed by atoms with E-state index < -0.39 is 11.6 Å². The lowest BCUT2D eigenvalue weighted by Crippen LogP contribution is -2.28. The van der Waals surface area contributed by atoms with Gasteiger partial charge in [-0.1, -0.05) is 12.1 Å². The first-order chi connectivity index (χ1) is 11.1. The summed E-state index contributed by atoms with van der Waals surface area (Å²) in [7, 11) is 1.58. The largest absolute Gasteiger partial charge is 0.497 e. The van der Waals surface area contributed by atoms with Gasteiger partial charge in [0.15, 0.2) is 0 Å². The molecule has 3 nitrogen and oxygen atoms in total. The number of halogens is 2. The third-order valence-corrected chi connectivity index (χ3v) is 4.95. The average Bonchev–Trinajstić information content (AvgIpc) is 2.92. The van der Waals surface area contributed by atoms with E-state index in [4.69, 9.17) is 4.74 Å². The summed E-state index contributed by atoms with van der Waals surface area (Å²) in [6, 6.07) is 10.7. The number of carbonyl (C=O) groups is 1. The van der Waals surface area contributed by atoms with E-state index in [0.29, 0.717) is 11.5 Å². The fourth-order valence-corrected chi connectivity index (χ4v) is 3.72. The second-order valence-corrected chi connectivity index (χ2v) is 6.27. The minimum absolute atomic E-state index is 0.0390. The van der Waals surface area contributed by atoms with E-state index in [0.717, 1.165) is 23.8 Å². The van der Waals surface area contributed by atoms with Crippen molar-refractivity contribution in [3.8, 4) is 5.75 Å². The first-order valence-electron chi connectivity index (χ1n) is 7.07. The van der Waals surface area contributed by atoms with E-state index in [1.165, 1.54) is 11.8 Å². The second-order valence-electron chi connectivity index (χ2n) is 5.20. The number of benzene rings is 2. The van der Waals surface area contributed by atoms with Crippen LogP contribution in [0.1, 0.15) is 16.5 Å². The minimum atomic E-state index is -0.515. The highest BCUT2D eigenvalue weighted by atomic mass is 32.2. The molecule has 2 aromatic rings. The number of carbonyl (C=O) groups excluding carboxylic acids is 1. The molecule has 6 heteroatoms. The molecule has 23 heavy (non-hydrogen) atoms. The van der Waals surface area contributed by atoms with Crippen LogP contribution in [0, 0.1) is 11.6 Å². The van der Waals surface area contributed by atoms with E-state index in [9.17, 15) is 13.6 Å². The van der Waals surface area contributed by atoms with Crippen LogP contribution in [-0.4, -0.2) is 23.7 Å². The van der Waals surface area contributed by atoms with Crippen molar-refractivity contribution in [1.82, 2.24) is 4.90 Å². The van der Waals surface area contributed by atoms with Gasteiger partial charge in [-0.15, -0.1) is 11.8 Å². The number of rotatable bonds is 4. The zero-order valence-electron chi connectivity index (χ0n) is 12.5. The molecule has 1 aliphatic heterocycles. The minimum Gasteiger partial charge on any atom is -0.497 e. The van der Waals surface area contributed by atoms with Crippen LogP contribution in [0.3, 0.4) is 0 Å². The lowest BCUT2D eigenvalue weighted by Gasteiger charge is -2.24. The Morgan fingerprint density at radius 3 is 2.87 bits per heavy atom. The van der Waals surface area contributed by atoms with Gasteiger partial charge >= 0.3 is 0 Å². The molecule has 1 fully saturated rings. The number of hydrogen-bond acceptors (Lipinski definition) is 3. The van der Waals surface area contributed by atoms with E-state index in [1.54, 1.807) is 12.0 Å². The van der Waals surface area contributed by atoms with E-state index in [2.05, 4.69) is 0 Å². The predicted molar refractivity (Wildman–Crippen MR) is 85.1 cm³/mol. The monoisotopic (exact) mass is 335 g/mol. The zero-order chi connectivity index (χ0) is 16.4. The van der Waals surface area contributed by atoms with E-state index >= 15 is 0 Å². The second kappa shape index (κ2) is 6.58. The number of thioether (sulfide) groups is 1. The Labute approximate surface area is 137 Å². The standard InChI is InChI=1S/C17H15F2NO2S/c1-22-14-4-2-3-11(8-14)17-20(16(21)10-23-17)9-12-7-13(18)5-6-15(12)19/h2-8,17H,9-10H2,1H3. The molecule has 0 spiro atoms. The maximum Gasteiger partial charge on any atom is 0.234 e. The highest BCUT2D eigenvalue weighted by Gasteiger charge is 2.33. The lowest BCUT2D eigenvalue weighted by atomic mass is 10.1. The molecule has 1 amide bonds. The summed E-state index contributed by atoms with van der Waals surface area (Å²) in [5.74, 6) is -0.108. The first-order valence-corrected chi connectivity index (χ1v) is 8.12. The van der Waals surface area contributed by atoms with Crippen LogP contribution in [0.5, 0.6) is 5.75 Å². The molecule has 120 valence electrons. The maximum absolute atomic E-state index is 13.9. The molecular formula is C17H15F2NO2S. The van der Waals surface area contributed by atoms with Gasteiger partial charge in [-0.05, 0) is 35.9 Å². The van der Waals surface area contributed by atoms with Gasteiger partial charge in [-0.2, -0.15) is 0 Å². The number of ether oxygens (including phenoxy) is 1. The van der Waals surface area contributed by atoms with Crippen LogP contribution < -0.4 is 4.74 Å². The van der Waals surface area contributed by atoms with Crippen LogP contribution >= 0.6 is 11.8 Å². The Morgan fingerprint density at radius 1 is 1.26 bits per heavy atom. The summed E-state index contributed by atoms with van der Waals surface area (Å²) >= 11 is 1.46. The molecule has 0 N–H and O–H groups in total. The fraction of sp³-hybridized carbons (Fsp3) is 0.235. The van der Waals surface area contributed by atoms with Crippen molar-refractivity contribution in [1.29, 1.82) is 0 Å². The van der Waals surface area contributed by atoms with Crippen LogP contribution in [-0.2, 0) is 11.3 Å². The quantitative estimate of drug-likeness (QED) is 0.852. The van der Waals surface area contributed by atoms with Gasteiger partial charge in [0.25, 0.3) is 0 Å². The SMILES string of the molecule is COc1cccc(C2SCC(=O)N2Cc2cc(F)ccc2F)c1. The van der Waals surface area contributed by atoms with Crippen LogP contribution in [0.2, 0.25) is 0 Å². The molecular weight excluding hydrogens is 320 g/mol. The maximum atomic E-state index is 13.9. The summed E-state index contributed by atoms with van der Waals surface area (Å²) in [5, 5.41) is -0.236. The van der Waals surface area contributed by atoms with Crippen LogP contribution in [0.4, 0.5) is 8.78 Å². The molecule has 3 rings (SSSR count). The van der Waals surface area contributed by atoms with Crippen LogP contribution in [0.15, 0.2) is 42.5 Å². The van der Waals surface area contributed by atoms with Crippen LogP contribution in [0.25, 0.3) is 0 Å². The van der Waals surface area contributed by atoms with E-state index in [1.807, 2.05) is 24.3 Å². The van der Waals surface area contributed by atoms with Crippen molar-refractivity contribution in [3.05, 3.63) is 65.2 Å². The Morgan fingerprint density at radius 2 is 2.09 bits per heavy atom. The van der Waals surface area contributed by atoms with Gasteiger partial charge < -0.3 is 9.64 Å². The molecule has 1 saturated heterocycles. The highest BCUT2D eigenvalue weighted by Crippen LogP contribution is 2.40. The predicted octanol–water partition coefficient (Wildman–Crippen LogP) is 3.75. The highest BCUT2D eigenvalue weighted by molar-refractivity contribution is 8.00. The number of amides is 1. The Hall–Kier alpha value is -2.08. The zero-order valence-corrected chi connectivity index (χ0v) is 13.3. The Bertz CT molecular complexity index is 738. The van der Waals surface area contributed by atoms with Gasteiger partial charge in [0.05, 0.1) is 19.4 Å². The normalized spacial score (nSPS) is 17.6. The molecule has 1 atom stereocenters. The fourth-order valence-electron chi connectivity index (χ4n) is 2.54. The Kier molecular flexibility index (Phi) is 4.52. The molecule has 0 aromatic heterocycles. The molecule has 2 aromatic carbocycles. The van der Waals surface area contributed by atoms with Crippen molar-refractivity contribution in [3.63, 3.8) is 0 Å². The van der Waals surface area contributed by atoms with Gasteiger partial charge in [-0.3, -0.25) is 4.79 Å². The molecule has 0 radical (unpaired) electrons. The smallest absolute Gasteiger partial charge is 0.234 e. The first kappa shape index (κ1) is 15.8. The summed E-state index contributed by atoms with van der Waals surface area (Å²) in [6.45, 7) is 0.0390. The molecule has 1 aliphatic rings. The third kappa shape index (κ3) is 3.32. The Balaban J connectivity index is 1.89. The molecule has 0 bridgehead atoms. The number of nitrogens with zero attached hydrogens (tertiary/aromatic N) is 1. The van der Waals surface area contributed by atoms with Gasteiger partial charge in [0, 0.05) is 5.56 Å². The van der Waals surface area contributed by atoms with Crippen molar-refractivity contribution in [2.24, 2.45) is 0 Å². The number of hydrogen-bond donors (Lipinski definition) is 0. The molecule has 1 heterocycles. The summed E-state index contributed by atoms with van der Waals surface area (Å²) in [4.78, 5) is 13.7. The third-order valence-electron chi connectivity index (χ3n) is 3.70. The van der Waals surface area contributed by atoms with Gasteiger partial charge in [0.2, 0.25) is 5.91 Å². The van der Waals surface area contributed by atoms with Gasteiger partial charge in [0.1, 0.15) is 22.8 Å². The van der Waals surface area contributed by atoms with Gasteiger partial charge in [-0.25, -0.2) is 8.78 Å². The van der Waals surface area contributed by atoms with Crippen molar-refractivity contribution in [2.75, 3.05) is 12.9 Å². The average molecular weight is 335 g/mol. The van der Waals surface area contributed by atoms with Crippen molar-refractivity contribution < 1.29 is 18.3 Å². The molecule has 1 unspecified atom stereocenters. The number of methoxy groups -OCH3 is 1. The molecule has 0 saturated carbocycles. The van der Waals surface area contributed by atoms with Crippen molar-refractivity contribution in [2.45, 2.75) is 11.9 Å².